The molecule has 25 heavy (non-hydrogen) atoms. The summed E-state index contributed by atoms with van der Waals surface area (Å²) in [6.45, 7) is 4.36. The molecule has 1 saturated heterocycles. The molecule has 0 unspecified atom stereocenters. The summed E-state index contributed by atoms with van der Waals surface area (Å²) in [5, 5.41) is 0. The number of hydrogen-bond acceptors (Lipinski definition) is 3. The van der Waals surface area contributed by atoms with Crippen LogP contribution in [0.3, 0.4) is 0 Å². The Kier molecular flexibility index (Phi) is 5.89. The number of nitrogens with zero attached hydrogens (tertiary/aromatic N) is 2. The lowest BCUT2D eigenvalue weighted by molar-refractivity contribution is -0.123. The van der Waals surface area contributed by atoms with Gasteiger partial charge in [0.25, 0.3) is 0 Å². The van der Waals surface area contributed by atoms with Crippen LogP contribution in [0, 0.1) is 23.5 Å². The molecule has 3 rings (SSSR count). The molecule has 1 aromatic rings. The summed E-state index contributed by atoms with van der Waals surface area (Å²) < 4.78 is 26.9. The molecule has 1 saturated carbocycles. The van der Waals surface area contributed by atoms with Crippen molar-refractivity contribution in [3.05, 3.63) is 29.8 Å². The van der Waals surface area contributed by atoms with Crippen LogP contribution in [-0.2, 0) is 4.79 Å². The van der Waals surface area contributed by atoms with Crippen molar-refractivity contribution in [3.63, 3.8) is 0 Å². The Balaban J connectivity index is 1.40. The molecule has 4 nitrogen and oxygen atoms in total. The first-order valence-corrected chi connectivity index (χ1v) is 9.24. The van der Waals surface area contributed by atoms with Gasteiger partial charge in [-0.2, -0.15) is 0 Å². The SMILES string of the molecule is NC(=O)C1CCC(CCN2CCN(c3ccc(F)cc3F)CC2)CC1. The first kappa shape index (κ1) is 18.1. The number of amides is 1. The molecule has 2 N–H and O–H groups in total. The van der Waals surface area contributed by atoms with Crippen molar-refractivity contribution in [2.24, 2.45) is 17.6 Å². The molecule has 0 aromatic heterocycles. The second kappa shape index (κ2) is 8.13. The van der Waals surface area contributed by atoms with E-state index in [1.165, 1.54) is 12.1 Å². The lowest BCUT2D eigenvalue weighted by atomic mass is 9.80. The highest BCUT2D eigenvalue weighted by Gasteiger charge is 2.25. The average molecular weight is 351 g/mol. The van der Waals surface area contributed by atoms with Crippen LogP contribution in [-0.4, -0.2) is 43.5 Å². The third-order valence-electron chi connectivity index (χ3n) is 5.73. The highest BCUT2D eigenvalue weighted by Crippen LogP contribution is 2.31. The Morgan fingerprint density at radius 1 is 1.08 bits per heavy atom. The molecule has 0 atom stereocenters. The lowest BCUT2D eigenvalue weighted by Crippen LogP contribution is -2.47. The second-order valence-corrected chi connectivity index (χ2v) is 7.33. The number of primary amides is 1. The molecule has 1 amide bonds. The van der Waals surface area contributed by atoms with Crippen molar-refractivity contribution >= 4 is 11.6 Å². The third kappa shape index (κ3) is 4.69. The first-order valence-electron chi connectivity index (χ1n) is 9.24. The summed E-state index contributed by atoms with van der Waals surface area (Å²) in [6, 6.07) is 3.79. The summed E-state index contributed by atoms with van der Waals surface area (Å²) in [6.07, 6.45) is 5.19. The normalized spacial score (nSPS) is 25.1. The van der Waals surface area contributed by atoms with E-state index in [4.69, 9.17) is 5.73 Å². The summed E-state index contributed by atoms with van der Waals surface area (Å²) in [5.74, 6) is -0.415. The third-order valence-corrected chi connectivity index (χ3v) is 5.73. The minimum atomic E-state index is -0.536. The maximum Gasteiger partial charge on any atom is 0.220 e. The molecule has 0 bridgehead atoms. The predicted molar refractivity (Wildman–Crippen MR) is 94.3 cm³/mol. The first-order chi connectivity index (χ1) is 12.0. The molecule has 0 radical (unpaired) electrons. The fourth-order valence-electron chi connectivity index (χ4n) is 4.05. The van der Waals surface area contributed by atoms with Crippen LogP contribution < -0.4 is 10.6 Å². The van der Waals surface area contributed by atoms with Crippen LogP contribution >= 0.6 is 0 Å². The fourth-order valence-corrected chi connectivity index (χ4v) is 4.05. The van der Waals surface area contributed by atoms with E-state index >= 15 is 0 Å². The Morgan fingerprint density at radius 3 is 2.36 bits per heavy atom. The number of benzene rings is 1. The Labute approximate surface area is 148 Å². The van der Waals surface area contributed by atoms with Gasteiger partial charge in [-0.1, -0.05) is 0 Å². The number of piperazine rings is 1. The summed E-state index contributed by atoms with van der Waals surface area (Å²) in [5.41, 5.74) is 5.88. The van der Waals surface area contributed by atoms with Crippen molar-refractivity contribution in [1.82, 2.24) is 4.90 Å². The van der Waals surface area contributed by atoms with Gasteiger partial charge in [0.15, 0.2) is 0 Å². The van der Waals surface area contributed by atoms with Gasteiger partial charge in [0, 0.05) is 38.2 Å². The van der Waals surface area contributed by atoms with Crippen molar-refractivity contribution < 1.29 is 13.6 Å². The summed E-state index contributed by atoms with van der Waals surface area (Å²) in [4.78, 5) is 15.6. The van der Waals surface area contributed by atoms with E-state index in [1.807, 2.05) is 4.90 Å². The molecule has 1 aromatic carbocycles. The smallest absolute Gasteiger partial charge is 0.220 e. The number of carbonyl (C=O) groups is 1. The van der Waals surface area contributed by atoms with Gasteiger partial charge < -0.3 is 10.6 Å². The zero-order chi connectivity index (χ0) is 17.8. The number of rotatable bonds is 5. The topological polar surface area (TPSA) is 49.6 Å². The van der Waals surface area contributed by atoms with Gasteiger partial charge in [0.2, 0.25) is 5.91 Å². The van der Waals surface area contributed by atoms with Crippen LogP contribution in [0.4, 0.5) is 14.5 Å². The van der Waals surface area contributed by atoms with E-state index < -0.39 is 11.6 Å². The van der Waals surface area contributed by atoms with Crippen molar-refractivity contribution in [3.8, 4) is 0 Å². The fraction of sp³-hybridized carbons (Fsp3) is 0.632. The van der Waals surface area contributed by atoms with Gasteiger partial charge in [0.1, 0.15) is 11.6 Å². The summed E-state index contributed by atoms with van der Waals surface area (Å²) in [7, 11) is 0. The molecule has 138 valence electrons. The molecular formula is C19H27F2N3O. The molecule has 2 fully saturated rings. The van der Waals surface area contributed by atoms with E-state index in [1.54, 1.807) is 0 Å². The zero-order valence-corrected chi connectivity index (χ0v) is 14.6. The van der Waals surface area contributed by atoms with Crippen LogP contribution in [0.1, 0.15) is 32.1 Å². The number of halogens is 2. The van der Waals surface area contributed by atoms with Gasteiger partial charge in [-0.15, -0.1) is 0 Å². The Morgan fingerprint density at radius 2 is 1.76 bits per heavy atom. The predicted octanol–water partition coefficient (Wildman–Crippen LogP) is 2.77. The van der Waals surface area contributed by atoms with Gasteiger partial charge in [0.05, 0.1) is 5.69 Å². The maximum atomic E-state index is 13.9. The molecule has 1 aliphatic heterocycles. The van der Waals surface area contributed by atoms with E-state index in [2.05, 4.69) is 4.90 Å². The zero-order valence-electron chi connectivity index (χ0n) is 14.6. The molecule has 1 aliphatic carbocycles. The van der Waals surface area contributed by atoms with Crippen molar-refractivity contribution in [2.45, 2.75) is 32.1 Å². The lowest BCUT2D eigenvalue weighted by Gasteiger charge is -2.37. The number of anilines is 1. The van der Waals surface area contributed by atoms with Gasteiger partial charge >= 0.3 is 0 Å². The van der Waals surface area contributed by atoms with E-state index in [9.17, 15) is 13.6 Å². The van der Waals surface area contributed by atoms with E-state index in [-0.39, 0.29) is 11.8 Å². The van der Waals surface area contributed by atoms with Crippen LogP contribution in [0.2, 0.25) is 0 Å². The van der Waals surface area contributed by atoms with Crippen LogP contribution in [0.5, 0.6) is 0 Å². The summed E-state index contributed by atoms with van der Waals surface area (Å²) >= 11 is 0. The average Bonchev–Trinajstić information content (AvgIpc) is 2.61. The van der Waals surface area contributed by atoms with Crippen molar-refractivity contribution in [2.75, 3.05) is 37.6 Å². The molecule has 6 heteroatoms. The monoisotopic (exact) mass is 351 g/mol. The Bertz CT molecular complexity index is 594. The minimum Gasteiger partial charge on any atom is -0.369 e. The number of carbonyl (C=O) groups excluding carboxylic acids is 1. The van der Waals surface area contributed by atoms with Gasteiger partial charge in [-0.25, -0.2) is 8.78 Å². The second-order valence-electron chi connectivity index (χ2n) is 7.33. The highest BCUT2D eigenvalue weighted by atomic mass is 19.1. The largest absolute Gasteiger partial charge is 0.369 e. The standard InChI is InChI=1S/C19H27F2N3O/c20-16-5-6-18(17(21)13-16)24-11-9-23(10-12-24)8-7-14-1-3-15(4-2-14)19(22)25/h5-6,13-15H,1-4,7-12H2,(H2,22,25). The van der Waals surface area contributed by atoms with E-state index in [0.29, 0.717) is 11.6 Å². The quantitative estimate of drug-likeness (QED) is 0.887. The minimum absolute atomic E-state index is 0.0744. The van der Waals surface area contributed by atoms with Gasteiger partial charge in [-0.3, -0.25) is 9.69 Å². The molecular weight excluding hydrogens is 324 g/mol. The van der Waals surface area contributed by atoms with Crippen LogP contribution in [0.25, 0.3) is 0 Å². The van der Waals surface area contributed by atoms with Crippen molar-refractivity contribution in [1.29, 1.82) is 0 Å². The highest BCUT2D eigenvalue weighted by molar-refractivity contribution is 5.76. The molecule has 1 heterocycles. The molecule has 0 spiro atoms. The van der Waals surface area contributed by atoms with Gasteiger partial charge in [-0.05, 0) is 56.7 Å². The number of nitrogens with two attached hydrogens (primary N) is 1. The number of hydrogen-bond donors (Lipinski definition) is 1. The molecule has 2 aliphatic rings. The maximum absolute atomic E-state index is 13.9. The van der Waals surface area contributed by atoms with Crippen LogP contribution in [0.15, 0.2) is 18.2 Å². The van der Waals surface area contributed by atoms with E-state index in [0.717, 1.165) is 70.9 Å². The Hall–Kier alpha value is -1.69.